The average Bonchev–Trinajstić information content (AvgIpc) is 2.88. The molecule has 1 aliphatic rings. The highest BCUT2D eigenvalue weighted by atomic mass is 16.3. The zero-order valence-corrected chi connectivity index (χ0v) is 18.5. The summed E-state index contributed by atoms with van der Waals surface area (Å²) in [7, 11) is 0. The first-order chi connectivity index (χ1) is 17.1. The summed E-state index contributed by atoms with van der Waals surface area (Å²) in [5, 5.41) is 15.1. The van der Waals surface area contributed by atoms with E-state index >= 15 is 0 Å². The summed E-state index contributed by atoms with van der Waals surface area (Å²) in [5.74, 6) is -0.318. The van der Waals surface area contributed by atoms with Crippen LogP contribution in [0.1, 0.15) is 15.9 Å². The molecule has 0 saturated carbocycles. The number of carbonyl (C=O) groups is 1. The molecule has 0 amide bonds. The van der Waals surface area contributed by atoms with Crippen molar-refractivity contribution in [2.45, 2.75) is 0 Å². The molecule has 0 atom stereocenters. The van der Waals surface area contributed by atoms with Gasteiger partial charge in [0, 0.05) is 32.7 Å². The molecular weight excluding hydrogens is 436 g/mol. The van der Waals surface area contributed by atoms with Crippen molar-refractivity contribution in [2.75, 3.05) is 0 Å². The molecule has 4 heteroatoms. The van der Waals surface area contributed by atoms with Gasteiger partial charge in [-0.3, -0.25) is 14.4 Å². The van der Waals surface area contributed by atoms with Gasteiger partial charge in [-0.2, -0.15) is 0 Å². The normalized spacial score (nSPS) is 13.8. The molecule has 0 spiro atoms. The predicted octanol–water partition coefficient (Wildman–Crippen LogP) is 5.08. The fourth-order valence-corrected chi connectivity index (χ4v) is 4.91. The Kier molecular flexibility index (Phi) is 4.68. The Bertz CT molecular complexity index is 1890. The molecular formula is C31H18O4. The van der Waals surface area contributed by atoms with Crippen molar-refractivity contribution in [3.05, 3.63) is 139 Å². The van der Waals surface area contributed by atoms with Crippen LogP contribution < -0.4 is 16.1 Å². The van der Waals surface area contributed by atoms with Crippen molar-refractivity contribution in [3.8, 4) is 0 Å². The molecule has 4 nitrogen and oxygen atoms in total. The van der Waals surface area contributed by atoms with Crippen molar-refractivity contribution in [1.29, 1.82) is 0 Å². The number of carbonyl (C=O) groups excluding carboxylic acids is 1. The number of hydrogen-bond acceptors (Lipinski definition) is 4. The third-order valence-electron chi connectivity index (χ3n) is 6.54. The zero-order valence-electron chi connectivity index (χ0n) is 18.5. The van der Waals surface area contributed by atoms with Crippen LogP contribution in [0.25, 0.3) is 44.2 Å². The first kappa shape index (κ1) is 20.8. The molecule has 166 valence electrons. The molecule has 1 N–H and O–H groups in total. The number of aliphatic hydroxyl groups excluding tert-OH is 1. The number of aliphatic hydroxyl groups is 1. The lowest BCUT2D eigenvalue weighted by atomic mass is 9.86. The second-order valence-corrected chi connectivity index (χ2v) is 8.49. The molecule has 0 radical (unpaired) electrons. The van der Waals surface area contributed by atoms with Crippen LogP contribution in [0.2, 0.25) is 0 Å². The lowest BCUT2D eigenvalue weighted by Gasteiger charge is -2.17. The number of rotatable bonds is 3. The van der Waals surface area contributed by atoms with Crippen molar-refractivity contribution in [1.82, 2.24) is 0 Å². The summed E-state index contributed by atoms with van der Waals surface area (Å²) < 4.78 is 0. The lowest BCUT2D eigenvalue weighted by molar-refractivity contribution is 0.103. The molecule has 6 rings (SSSR count). The van der Waals surface area contributed by atoms with E-state index in [2.05, 4.69) is 0 Å². The van der Waals surface area contributed by atoms with E-state index < -0.39 is 0 Å². The molecule has 0 aromatic heterocycles. The van der Waals surface area contributed by atoms with Gasteiger partial charge in [-0.15, -0.1) is 0 Å². The molecule has 35 heavy (non-hydrogen) atoms. The van der Waals surface area contributed by atoms with Crippen LogP contribution in [0.3, 0.4) is 0 Å². The van der Waals surface area contributed by atoms with Crippen molar-refractivity contribution in [3.63, 3.8) is 0 Å². The van der Waals surface area contributed by atoms with E-state index in [-0.39, 0.29) is 33.2 Å². The number of ketones is 1. The molecule has 0 unspecified atom stereocenters. The molecule has 0 heterocycles. The van der Waals surface area contributed by atoms with Gasteiger partial charge in [0.05, 0.1) is 10.8 Å². The number of Topliss-reactive ketones (excluding diaryl/α,β-unsaturated/α-hetero) is 1. The van der Waals surface area contributed by atoms with Gasteiger partial charge in [-0.05, 0) is 22.9 Å². The van der Waals surface area contributed by atoms with Gasteiger partial charge in [0.1, 0.15) is 5.76 Å². The summed E-state index contributed by atoms with van der Waals surface area (Å²) >= 11 is 0. The number of benzene rings is 5. The van der Waals surface area contributed by atoms with Crippen LogP contribution in [-0.4, -0.2) is 10.9 Å². The van der Waals surface area contributed by atoms with Crippen LogP contribution in [-0.2, 0) is 0 Å². The van der Waals surface area contributed by atoms with E-state index in [9.17, 15) is 19.5 Å². The highest BCUT2D eigenvalue weighted by Crippen LogP contribution is 2.35. The average molecular weight is 454 g/mol. The van der Waals surface area contributed by atoms with Crippen LogP contribution in [0.5, 0.6) is 0 Å². The Morgan fingerprint density at radius 2 is 1.17 bits per heavy atom. The van der Waals surface area contributed by atoms with E-state index in [1.165, 1.54) is 6.08 Å². The van der Waals surface area contributed by atoms with E-state index in [4.69, 9.17) is 0 Å². The predicted molar refractivity (Wildman–Crippen MR) is 141 cm³/mol. The Labute approximate surface area is 199 Å². The van der Waals surface area contributed by atoms with Crippen LogP contribution in [0, 0.1) is 0 Å². The van der Waals surface area contributed by atoms with Crippen LogP contribution in [0.4, 0.5) is 0 Å². The maximum Gasteiger partial charge on any atom is 0.197 e. The summed E-state index contributed by atoms with van der Waals surface area (Å²) in [6, 6.07) is 21.9. The van der Waals surface area contributed by atoms with Crippen molar-refractivity contribution >= 4 is 49.9 Å². The number of allylic oxidation sites excluding steroid dienone is 5. The minimum absolute atomic E-state index is 0.0651. The Morgan fingerprint density at radius 3 is 1.83 bits per heavy atom. The summed E-state index contributed by atoms with van der Waals surface area (Å²) in [4.78, 5) is 39.0. The van der Waals surface area contributed by atoms with Gasteiger partial charge in [-0.1, -0.05) is 91.0 Å². The smallest absolute Gasteiger partial charge is 0.197 e. The first-order valence-corrected chi connectivity index (χ1v) is 11.2. The zero-order chi connectivity index (χ0) is 24.1. The van der Waals surface area contributed by atoms with E-state index in [1.54, 1.807) is 48.6 Å². The monoisotopic (exact) mass is 454 g/mol. The topological polar surface area (TPSA) is 71.4 Å². The van der Waals surface area contributed by atoms with E-state index in [0.717, 1.165) is 16.2 Å². The fourth-order valence-electron chi connectivity index (χ4n) is 4.91. The molecule has 1 aliphatic carbocycles. The fraction of sp³-hybridized carbons (Fsp3) is 0. The SMILES string of the molecule is O=C1C(C=CC=CC=c2c(=O)c3cccc4cccc(c2=O)c43)=C(O)c2cccc3cccc1c23. The minimum Gasteiger partial charge on any atom is -0.507 e. The highest BCUT2D eigenvalue weighted by molar-refractivity contribution is 6.25. The standard InChI is InChI=1S/C31H18O4/c32-28-20-14-4-8-18-9-5-15-21(26(18)20)29(33)24(28)12-2-1-3-13-25-30(34)22-16-6-10-19-11-7-17-23(27(19)22)31(25)35/h1-17,32H. The molecule has 0 fully saturated rings. The molecule has 0 aliphatic heterocycles. The minimum atomic E-state index is -0.305. The molecule has 5 aromatic carbocycles. The third-order valence-corrected chi connectivity index (χ3v) is 6.54. The molecule has 5 aromatic rings. The Morgan fingerprint density at radius 1 is 0.600 bits per heavy atom. The third kappa shape index (κ3) is 3.11. The van der Waals surface area contributed by atoms with Crippen molar-refractivity contribution < 1.29 is 9.90 Å². The quantitative estimate of drug-likeness (QED) is 0.386. The van der Waals surface area contributed by atoms with Crippen molar-refractivity contribution in [2.24, 2.45) is 0 Å². The van der Waals surface area contributed by atoms with Gasteiger partial charge in [0.25, 0.3) is 0 Å². The summed E-state index contributed by atoms with van der Waals surface area (Å²) in [6.07, 6.45) is 7.87. The molecule has 0 bridgehead atoms. The number of hydrogen-bond donors (Lipinski definition) is 1. The van der Waals surface area contributed by atoms with Gasteiger partial charge in [0.15, 0.2) is 16.6 Å². The highest BCUT2D eigenvalue weighted by Gasteiger charge is 2.25. The molecule has 0 saturated heterocycles. The van der Waals surface area contributed by atoms with E-state index in [0.29, 0.717) is 27.3 Å². The lowest BCUT2D eigenvalue weighted by Crippen LogP contribution is -2.38. The second kappa shape index (κ2) is 7.89. The van der Waals surface area contributed by atoms with Gasteiger partial charge >= 0.3 is 0 Å². The largest absolute Gasteiger partial charge is 0.507 e. The van der Waals surface area contributed by atoms with Gasteiger partial charge < -0.3 is 5.11 Å². The van der Waals surface area contributed by atoms with Crippen LogP contribution in [0.15, 0.2) is 112 Å². The van der Waals surface area contributed by atoms with E-state index in [1.807, 2.05) is 48.5 Å². The maximum atomic E-state index is 13.0. The first-order valence-electron chi connectivity index (χ1n) is 11.2. The summed E-state index contributed by atoms with van der Waals surface area (Å²) in [5.41, 5.74) is 0.752. The maximum absolute atomic E-state index is 13.0. The second-order valence-electron chi connectivity index (χ2n) is 8.49. The van der Waals surface area contributed by atoms with Gasteiger partial charge in [0.2, 0.25) is 0 Å². The Hall–Kier alpha value is -4.83. The van der Waals surface area contributed by atoms with Gasteiger partial charge in [-0.25, -0.2) is 0 Å². The summed E-state index contributed by atoms with van der Waals surface area (Å²) in [6.45, 7) is 0. The van der Waals surface area contributed by atoms with Crippen LogP contribution >= 0.6 is 0 Å². The Balaban J connectivity index is 1.40.